The van der Waals surface area contributed by atoms with Crippen molar-refractivity contribution in [2.75, 3.05) is 6.54 Å². The van der Waals surface area contributed by atoms with Crippen LogP contribution < -0.4 is 0 Å². The van der Waals surface area contributed by atoms with E-state index in [1.54, 1.807) is 0 Å². The van der Waals surface area contributed by atoms with Crippen LogP contribution in [0.15, 0.2) is 18.2 Å². The molecule has 0 heterocycles. The van der Waals surface area contributed by atoms with Gasteiger partial charge < -0.3 is 9.90 Å². The van der Waals surface area contributed by atoms with Gasteiger partial charge in [0.1, 0.15) is 17.9 Å². The molecule has 1 amide bonds. The Kier molecular flexibility index (Phi) is 3.93. The molecule has 86 valence electrons. The lowest BCUT2D eigenvalue weighted by molar-refractivity contribution is -0.108. The highest BCUT2D eigenvalue weighted by atomic mass is 19.1. The molecule has 16 heavy (non-hydrogen) atoms. The summed E-state index contributed by atoms with van der Waals surface area (Å²) in [5.41, 5.74) is 0.154. The van der Waals surface area contributed by atoms with Gasteiger partial charge in [-0.1, -0.05) is 0 Å². The number of carbonyl (C=O) groups is 2. The molecule has 0 aliphatic heterocycles. The zero-order chi connectivity index (χ0) is 12.1. The second-order valence-electron chi connectivity index (χ2n) is 3.11. The third kappa shape index (κ3) is 3.30. The fourth-order valence-electron chi connectivity index (χ4n) is 1.22. The Labute approximate surface area is 90.1 Å². The van der Waals surface area contributed by atoms with Crippen molar-refractivity contribution < 1.29 is 23.5 Å². The number of rotatable bonds is 4. The highest BCUT2D eigenvalue weighted by Gasteiger charge is 2.12. The fourth-order valence-corrected chi connectivity index (χ4v) is 1.22. The second kappa shape index (κ2) is 5.20. The van der Waals surface area contributed by atoms with E-state index in [0.29, 0.717) is 12.4 Å². The normalized spacial score (nSPS) is 9.88. The van der Waals surface area contributed by atoms with E-state index < -0.39 is 17.7 Å². The van der Waals surface area contributed by atoms with E-state index in [1.807, 2.05) is 0 Å². The molecule has 0 saturated heterocycles. The molecule has 0 saturated carbocycles. The van der Waals surface area contributed by atoms with Gasteiger partial charge in [-0.25, -0.2) is 13.6 Å². The van der Waals surface area contributed by atoms with Gasteiger partial charge in [-0.05, 0) is 17.7 Å². The molecule has 0 fully saturated rings. The number of hydrogen-bond donors (Lipinski definition) is 1. The van der Waals surface area contributed by atoms with Gasteiger partial charge in [-0.15, -0.1) is 0 Å². The molecule has 0 aliphatic rings. The number of hydrogen-bond acceptors (Lipinski definition) is 2. The zero-order valence-electron chi connectivity index (χ0n) is 8.19. The standard InChI is InChI=1S/C10H9F2NO3/c11-8-3-7(4-9(12)5-8)6-13(1-2-14)10(15)16/h2-5H,1,6H2,(H,15,16). The van der Waals surface area contributed by atoms with Crippen LogP contribution in [0.25, 0.3) is 0 Å². The molecule has 0 aromatic heterocycles. The summed E-state index contributed by atoms with van der Waals surface area (Å²) in [5, 5.41) is 8.68. The maximum atomic E-state index is 12.8. The summed E-state index contributed by atoms with van der Waals surface area (Å²) >= 11 is 0. The lowest BCUT2D eigenvalue weighted by Gasteiger charge is -2.16. The molecule has 0 radical (unpaired) electrons. The highest BCUT2D eigenvalue weighted by molar-refractivity contribution is 5.69. The predicted octanol–water partition coefficient (Wildman–Crippen LogP) is 1.64. The van der Waals surface area contributed by atoms with E-state index in [-0.39, 0.29) is 18.7 Å². The lowest BCUT2D eigenvalue weighted by Crippen LogP contribution is -2.30. The summed E-state index contributed by atoms with van der Waals surface area (Å²) in [6.45, 7) is -0.573. The maximum absolute atomic E-state index is 12.8. The van der Waals surface area contributed by atoms with Gasteiger partial charge >= 0.3 is 6.09 Å². The monoisotopic (exact) mass is 229 g/mol. The minimum absolute atomic E-state index is 0.154. The van der Waals surface area contributed by atoms with Gasteiger partial charge in [0.15, 0.2) is 0 Å². The largest absolute Gasteiger partial charge is 0.465 e. The average molecular weight is 229 g/mol. The Hall–Kier alpha value is -1.98. The molecule has 1 aromatic carbocycles. The van der Waals surface area contributed by atoms with Crippen LogP contribution in [-0.2, 0) is 11.3 Å². The van der Waals surface area contributed by atoms with Crippen LogP contribution in [-0.4, -0.2) is 28.9 Å². The molecule has 4 nitrogen and oxygen atoms in total. The molecule has 0 aliphatic carbocycles. The molecule has 0 atom stereocenters. The molecular weight excluding hydrogens is 220 g/mol. The van der Waals surface area contributed by atoms with E-state index in [0.717, 1.165) is 17.0 Å². The maximum Gasteiger partial charge on any atom is 0.407 e. The van der Waals surface area contributed by atoms with Crippen molar-refractivity contribution in [1.82, 2.24) is 4.90 Å². The van der Waals surface area contributed by atoms with Crippen molar-refractivity contribution in [3.63, 3.8) is 0 Å². The van der Waals surface area contributed by atoms with Crippen molar-refractivity contribution >= 4 is 12.4 Å². The van der Waals surface area contributed by atoms with Crippen LogP contribution in [0.3, 0.4) is 0 Å². The van der Waals surface area contributed by atoms with E-state index >= 15 is 0 Å². The van der Waals surface area contributed by atoms with Crippen LogP contribution in [0.2, 0.25) is 0 Å². The Morgan fingerprint density at radius 2 is 1.88 bits per heavy atom. The number of carbonyl (C=O) groups excluding carboxylic acids is 1. The first-order valence-electron chi connectivity index (χ1n) is 4.39. The quantitative estimate of drug-likeness (QED) is 0.798. The van der Waals surface area contributed by atoms with Gasteiger partial charge in [0.05, 0.1) is 6.54 Å². The van der Waals surface area contributed by atoms with Gasteiger partial charge in [0.2, 0.25) is 0 Å². The van der Waals surface area contributed by atoms with Crippen molar-refractivity contribution in [1.29, 1.82) is 0 Å². The average Bonchev–Trinajstić information content (AvgIpc) is 2.15. The van der Waals surface area contributed by atoms with Crippen LogP contribution in [0, 0.1) is 11.6 Å². The van der Waals surface area contributed by atoms with E-state index in [9.17, 15) is 18.4 Å². The molecule has 1 N–H and O–H groups in total. The van der Waals surface area contributed by atoms with E-state index in [1.165, 1.54) is 0 Å². The van der Waals surface area contributed by atoms with Crippen molar-refractivity contribution in [2.45, 2.75) is 6.54 Å². The smallest absolute Gasteiger partial charge is 0.407 e. The van der Waals surface area contributed by atoms with Crippen LogP contribution in [0.4, 0.5) is 13.6 Å². The SMILES string of the molecule is O=CCN(Cc1cc(F)cc(F)c1)C(=O)O. The third-order valence-corrected chi connectivity index (χ3v) is 1.86. The van der Waals surface area contributed by atoms with Gasteiger partial charge in [0, 0.05) is 12.6 Å². The number of carboxylic acid groups (broad SMARTS) is 1. The first-order valence-corrected chi connectivity index (χ1v) is 4.39. The third-order valence-electron chi connectivity index (χ3n) is 1.86. The predicted molar refractivity (Wildman–Crippen MR) is 50.9 cm³/mol. The molecule has 1 rings (SSSR count). The minimum Gasteiger partial charge on any atom is -0.465 e. The van der Waals surface area contributed by atoms with Crippen molar-refractivity contribution in [3.05, 3.63) is 35.4 Å². The summed E-state index contributed by atoms with van der Waals surface area (Å²) in [4.78, 5) is 21.6. The van der Waals surface area contributed by atoms with Crippen molar-refractivity contribution in [2.24, 2.45) is 0 Å². The molecular formula is C10H9F2NO3. The Bertz CT molecular complexity index is 389. The van der Waals surface area contributed by atoms with Crippen LogP contribution in [0.1, 0.15) is 5.56 Å². The molecule has 6 heteroatoms. The van der Waals surface area contributed by atoms with Gasteiger partial charge in [0.25, 0.3) is 0 Å². The first kappa shape index (κ1) is 12.1. The Balaban J connectivity index is 2.84. The second-order valence-corrected chi connectivity index (χ2v) is 3.11. The van der Waals surface area contributed by atoms with Crippen molar-refractivity contribution in [3.8, 4) is 0 Å². The molecule has 0 spiro atoms. The summed E-state index contributed by atoms with van der Waals surface area (Å²) < 4.78 is 25.6. The number of aldehydes is 1. The van der Waals surface area contributed by atoms with Gasteiger partial charge in [-0.2, -0.15) is 0 Å². The Morgan fingerprint density at radius 1 is 1.31 bits per heavy atom. The highest BCUT2D eigenvalue weighted by Crippen LogP contribution is 2.10. The molecule has 0 unspecified atom stereocenters. The summed E-state index contributed by atoms with van der Waals surface area (Å²) in [6, 6.07) is 2.72. The number of halogens is 2. The topological polar surface area (TPSA) is 57.6 Å². The molecule has 1 aromatic rings. The van der Waals surface area contributed by atoms with E-state index in [2.05, 4.69) is 0 Å². The number of benzene rings is 1. The summed E-state index contributed by atoms with van der Waals surface area (Å²) in [7, 11) is 0. The summed E-state index contributed by atoms with van der Waals surface area (Å²) in [5.74, 6) is -1.57. The van der Waals surface area contributed by atoms with Gasteiger partial charge in [-0.3, -0.25) is 4.90 Å². The zero-order valence-corrected chi connectivity index (χ0v) is 8.19. The molecule has 0 bridgehead atoms. The minimum atomic E-state index is -1.32. The van der Waals surface area contributed by atoms with Crippen LogP contribution >= 0.6 is 0 Å². The fraction of sp³-hybridized carbons (Fsp3) is 0.200. The van der Waals surface area contributed by atoms with E-state index in [4.69, 9.17) is 5.11 Å². The van der Waals surface area contributed by atoms with Crippen LogP contribution in [0.5, 0.6) is 0 Å². The Morgan fingerprint density at radius 3 is 2.31 bits per heavy atom. The lowest BCUT2D eigenvalue weighted by atomic mass is 10.2. The first-order chi connectivity index (χ1) is 7.52. The number of amides is 1. The number of nitrogens with zero attached hydrogens (tertiary/aromatic N) is 1. The summed E-state index contributed by atoms with van der Waals surface area (Å²) in [6.07, 6.45) is -0.916.